The lowest BCUT2D eigenvalue weighted by Crippen LogP contribution is -2.11. The van der Waals surface area contributed by atoms with Gasteiger partial charge in [-0.3, -0.25) is 0 Å². The minimum Gasteiger partial charge on any atom is -0.309 e. The van der Waals surface area contributed by atoms with E-state index in [0.717, 1.165) is 32.5 Å². The van der Waals surface area contributed by atoms with Crippen LogP contribution in [0.5, 0.6) is 0 Å². The van der Waals surface area contributed by atoms with Gasteiger partial charge < -0.3 is 4.57 Å². The molecule has 1 atom stereocenters. The van der Waals surface area contributed by atoms with Crippen molar-refractivity contribution < 1.29 is 8.42 Å². The first kappa shape index (κ1) is 17.4. The Balaban J connectivity index is 1.59. The Kier molecular flexibility index (Phi) is 4.44. The highest BCUT2D eigenvalue weighted by molar-refractivity contribution is 7.99. The van der Waals surface area contributed by atoms with E-state index in [0.29, 0.717) is 12.8 Å². The number of hydrogen-bond acceptors (Lipinski definition) is 7. The van der Waals surface area contributed by atoms with E-state index in [2.05, 4.69) is 26.2 Å². The van der Waals surface area contributed by atoms with Crippen molar-refractivity contribution in [2.45, 2.75) is 29.9 Å². The van der Waals surface area contributed by atoms with Gasteiger partial charge in [-0.2, -0.15) is 0 Å². The van der Waals surface area contributed by atoms with Gasteiger partial charge in [0.05, 0.1) is 17.0 Å². The summed E-state index contributed by atoms with van der Waals surface area (Å²) in [6.45, 7) is 2.04. The SMILES string of the molecule is Cc1ccc2ncnc(Sc3nnc(CC4CCS(=O)(=O)C4)n3C)c2c1. The fourth-order valence-corrected chi connectivity index (χ4v) is 5.95. The summed E-state index contributed by atoms with van der Waals surface area (Å²) < 4.78 is 25.2. The lowest BCUT2D eigenvalue weighted by Gasteiger charge is -2.08. The molecular formula is C17H19N5O2S2. The summed E-state index contributed by atoms with van der Waals surface area (Å²) in [5.41, 5.74) is 2.04. The third kappa shape index (κ3) is 3.45. The van der Waals surface area contributed by atoms with Crippen molar-refractivity contribution in [3.8, 4) is 0 Å². The first-order chi connectivity index (χ1) is 12.4. The molecule has 1 saturated heterocycles. The summed E-state index contributed by atoms with van der Waals surface area (Å²) in [5, 5.41) is 11.1. The van der Waals surface area contributed by atoms with Crippen molar-refractivity contribution in [3.05, 3.63) is 35.9 Å². The first-order valence-corrected chi connectivity index (χ1v) is 11.0. The number of aryl methyl sites for hydroxylation is 1. The van der Waals surface area contributed by atoms with E-state index < -0.39 is 9.84 Å². The Hall–Kier alpha value is -2.00. The number of nitrogens with zero attached hydrogens (tertiary/aromatic N) is 5. The molecule has 0 aliphatic carbocycles. The summed E-state index contributed by atoms with van der Waals surface area (Å²) >= 11 is 1.45. The monoisotopic (exact) mass is 389 g/mol. The zero-order chi connectivity index (χ0) is 18.3. The number of rotatable bonds is 4. The van der Waals surface area contributed by atoms with Gasteiger partial charge in [-0.25, -0.2) is 18.4 Å². The van der Waals surface area contributed by atoms with Crippen molar-refractivity contribution >= 4 is 32.5 Å². The molecule has 3 heterocycles. The van der Waals surface area contributed by atoms with E-state index in [1.165, 1.54) is 11.8 Å². The predicted molar refractivity (Wildman–Crippen MR) is 99.9 cm³/mol. The van der Waals surface area contributed by atoms with Gasteiger partial charge in [-0.05, 0) is 43.2 Å². The van der Waals surface area contributed by atoms with Crippen LogP contribution in [-0.2, 0) is 23.3 Å². The Labute approximate surface area is 156 Å². The lowest BCUT2D eigenvalue weighted by molar-refractivity contribution is 0.552. The maximum atomic E-state index is 11.7. The van der Waals surface area contributed by atoms with Gasteiger partial charge in [0.15, 0.2) is 15.0 Å². The Morgan fingerprint density at radius 2 is 2.12 bits per heavy atom. The van der Waals surface area contributed by atoms with Crippen LogP contribution in [0.4, 0.5) is 0 Å². The highest BCUT2D eigenvalue weighted by Crippen LogP contribution is 2.31. The minimum atomic E-state index is -2.88. The van der Waals surface area contributed by atoms with Crippen LogP contribution in [0.3, 0.4) is 0 Å². The molecule has 0 spiro atoms. The molecule has 1 fully saturated rings. The lowest BCUT2D eigenvalue weighted by atomic mass is 10.1. The Morgan fingerprint density at radius 3 is 2.88 bits per heavy atom. The third-order valence-corrected chi connectivity index (χ3v) is 7.56. The molecule has 1 aliphatic heterocycles. The van der Waals surface area contributed by atoms with Gasteiger partial charge in [0.1, 0.15) is 17.2 Å². The normalized spacial score (nSPS) is 19.2. The molecule has 0 saturated carbocycles. The second-order valence-electron chi connectivity index (χ2n) is 6.73. The van der Waals surface area contributed by atoms with Crippen molar-refractivity contribution in [3.63, 3.8) is 0 Å². The van der Waals surface area contributed by atoms with Crippen LogP contribution in [0.25, 0.3) is 10.9 Å². The molecule has 1 aliphatic rings. The molecule has 0 radical (unpaired) electrons. The first-order valence-electron chi connectivity index (χ1n) is 8.39. The third-order valence-electron chi connectivity index (χ3n) is 4.67. The molecule has 2 aromatic heterocycles. The summed E-state index contributed by atoms with van der Waals surface area (Å²) in [5.74, 6) is 1.47. The molecular weight excluding hydrogens is 370 g/mol. The van der Waals surface area contributed by atoms with Gasteiger partial charge in [0.2, 0.25) is 0 Å². The molecule has 1 aromatic carbocycles. The number of hydrogen-bond donors (Lipinski definition) is 0. The molecule has 0 amide bonds. The maximum absolute atomic E-state index is 11.7. The van der Waals surface area contributed by atoms with Gasteiger partial charge in [0.25, 0.3) is 0 Å². The van der Waals surface area contributed by atoms with E-state index in [9.17, 15) is 8.42 Å². The smallest absolute Gasteiger partial charge is 0.197 e. The van der Waals surface area contributed by atoms with Gasteiger partial charge >= 0.3 is 0 Å². The topological polar surface area (TPSA) is 90.6 Å². The van der Waals surface area contributed by atoms with E-state index in [4.69, 9.17) is 0 Å². The van der Waals surface area contributed by atoms with E-state index in [1.54, 1.807) is 6.33 Å². The van der Waals surface area contributed by atoms with E-state index in [1.807, 2.05) is 30.7 Å². The summed E-state index contributed by atoms with van der Waals surface area (Å²) in [6.07, 6.45) is 2.89. The zero-order valence-corrected chi connectivity index (χ0v) is 16.2. The molecule has 136 valence electrons. The van der Waals surface area contributed by atoms with Crippen LogP contribution >= 0.6 is 11.8 Å². The number of aromatic nitrogens is 5. The predicted octanol–water partition coefficient (Wildman–Crippen LogP) is 2.20. The van der Waals surface area contributed by atoms with Crippen LogP contribution in [0.15, 0.2) is 34.7 Å². The van der Waals surface area contributed by atoms with E-state index >= 15 is 0 Å². The highest BCUT2D eigenvalue weighted by atomic mass is 32.2. The summed E-state index contributed by atoms with van der Waals surface area (Å²) in [4.78, 5) is 8.72. The molecule has 3 aromatic rings. The Bertz CT molecular complexity index is 1080. The minimum absolute atomic E-state index is 0.128. The van der Waals surface area contributed by atoms with Crippen LogP contribution in [-0.4, -0.2) is 44.7 Å². The number of sulfone groups is 1. The molecule has 7 nitrogen and oxygen atoms in total. The van der Waals surface area contributed by atoms with Crippen molar-refractivity contribution in [1.29, 1.82) is 0 Å². The number of benzene rings is 1. The Morgan fingerprint density at radius 1 is 1.27 bits per heavy atom. The maximum Gasteiger partial charge on any atom is 0.197 e. The van der Waals surface area contributed by atoms with Gasteiger partial charge in [-0.1, -0.05) is 11.6 Å². The average molecular weight is 390 g/mol. The average Bonchev–Trinajstić information content (AvgIpc) is 3.11. The van der Waals surface area contributed by atoms with Crippen molar-refractivity contribution in [1.82, 2.24) is 24.7 Å². The standard InChI is InChI=1S/C17H19N5O2S2/c1-11-3-4-14-13(7-11)16(19-10-18-14)25-17-21-20-15(22(17)2)8-12-5-6-26(23,24)9-12/h3-4,7,10,12H,5-6,8-9H2,1-2H3. The van der Waals surface area contributed by atoms with Crippen LogP contribution < -0.4 is 0 Å². The largest absolute Gasteiger partial charge is 0.309 e. The molecule has 0 N–H and O–H groups in total. The van der Waals surface area contributed by atoms with Crippen molar-refractivity contribution in [2.24, 2.45) is 13.0 Å². The van der Waals surface area contributed by atoms with Crippen LogP contribution in [0.2, 0.25) is 0 Å². The second kappa shape index (κ2) is 6.62. The number of fused-ring (bicyclic) bond motifs is 1. The van der Waals surface area contributed by atoms with Gasteiger partial charge in [0, 0.05) is 18.9 Å². The van der Waals surface area contributed by atoms with Crippen LogP contribution in [0.1, 0.15) is 17.8 Å². The molecule has 26 heavy (non-hydrogen) atoms. The van der Waals surface area contributed by atoms with Gasteiger partial charge in [-0.15, -0.1) is 10.2 Å². The summed E-state index contributed by atoms with van der Waals surface area (Å²) in [6, 6.07) is 6.08. The zero-order valence-electron chi connectivity index (χ0n) is 14.6. The van der Waals surface area contributed by atoms with Crippen LogP contribution in [0, 0.1) is 12.8 Å². The molecule has 9 heteroatoms. The van der Waals surface area contributed by atoms with Crippen molar-refractivity contribution in [2.75, 3.05) is 11.5 Å². The molecule has 4 rings (SSSR count). The van der Waals surface area contributed by atoms with E-state index in [-0.39, 0.29) is 17.4 Å². The quantitative estimate of drug-likeness (QED) is 0.632. The second-order valence-corrected chi connectivity index (χ2v) is 9.92. The fourth-order valence-electron chi connectivity index (χ4n) is 3.22. The molecule has 0 bridgehead atoms. The molecule has 1 unspecified atom stereocenters. The highest BCUT2D eigenvalue weighted by Gasteiger charge is 2.29. The summed E-state index contributed by atoms with van der Waals surface area (Å²) in [7, 11) is -0.966. The fraction of sp³-hybridized carbons (Fsp3) is 0.412.